The molecule has 1 atom stereocenters. The second-order valence-corrected chi connectivity index (χ2v) is 3.54. The lowest BCUT2D eigenvalue weighted by Crippen LogP contribution is -2.21. The fourth-order valence-corrected chi connectivity index (χ4v) is 1.38. The van der Waals surface area contributed by atoms with E-state index in [9.17, 15) is 9.50 Å². The predicted molar refractivity (Wildman–Crippen MR) is 51.0 cm³/mol. The van der Waals surface area contributed by atoms with Crippen LogP contribution < -0.4 is 0 Å². The minimum Gasteiger partial charge on any atom is -0.385 e. The molecule has 0 aliphatic heterocycles. The van der Waals surface area contributed by atoms with Crippen LogP contribution >= 0.6 is 0 Å². The Labute approximate surface area is 78.2 Å². The van der Waals surface area contributed by atoms with Crippen molar-refractivity contribution in [3.05, 3.63) is 35.1 Å². The van der Waals surface area contributed by atoms with Gasteiger partial charge >= 0.3 is 0 Å². The molecule has 2 heteroatoms. The van der Waals surface area contributed by atoms with Crippen molar-refractivity contribution in [2.24, 2.45) is 0 Å². The minimum absolute atomic E-state index is 0.258. The van der Waals surface area contributed by atoms with Crippen molar-refractivity contribution in [1.82, 2.24) is 0 Å². The molecule has 0 bridgehead atoms. The molecule has 0 spiro atoms. The lowest BCUT2D eigenvalue weighted by Gasteiger charge is -2.23. The summed E-state index contributed by atoms with van der Waals surface area (Å²) in [5.41, 5.74) is 0.288. The van der Waals surface area contributed by atoms with Crippen molar-refractivity contribution in [2.75, 3.05) is 0 Å². The first-order valence-electron chi connectivity index (χ1n) is 4.47. The highest BCUT2D eigenvalue weighted by atomic mass is 19.1. The van der Waals surface area contributed by atoms with Gasteiger partial charge in [-0.25, -0.2) is 4.39 Å². The molecule has 13 heavy (non-hydrogen) atoms. The molecule has 1 N–H and O–H groups in total. The maximum absolute atomic E-state index is 13.1. The van der Waals surface area contributed by atoms with Crippen LogP contribution in [0.2, 0.25) is 0 Å². The van der Waals surface area contributed by atoms with Crippen LogP contribution in [0.5, 0.6) is 0 Å². The molecule has 1 aromatic carbocycles. The Kier molecular flexibility index (Phi) is 2.71. The average Bonchev–Trinajstić information content (AvgIpc) is 2.09. The zero-order valence-corrected chi connectivity index (χ0v) is 8.26. The molecule has 72 valence electrons. The quantitative estimate of drug-likeness (QED) is 0.745. The lowest BCUT2D eigenvalue weighted by molar-refractivity contribution is 0.0520. The first-order valence-corrected chi connectivity index (χ1v) is 4.47. The molecule has 1 aromatic rings. The van der Waals surface area contributed by atoms with Gasteiger partial charge in [-0.3, -0.25) is 0 Å². The molecule has 0 aromatic heterocycles. The Morgan fingerprint density at radius 1 is 1.46 bits per heavy atom. The molecule has 0 aliphatic rings. The third-order valence-electron chi connectivity index (χ3n) is 2.54. The smallest absolute Gasteiger partial charge is 0.126 e. The molecule has 1 nitrogen and oxygen atoms in total. The monoisotopic (exact) mass is 182 g/mol. The van der Waals surface area contributed by atoms with E-state index in [-0.39, 0.29) is 5.82 Å². The van der Waals surface area contributed by atoms with E-state index in [2.05, 4.69) is 0 Å². The zero-order valence-electron chi connectivity index (χ0n) is 8.26. The Hall–Kier alpha value is -0.890. The van der Waals surface area contributed by atoms with Crippen LogP contribution in [0.25, 0.3) is 0 Å². The number of benzene rings is 1. The van der Waals surface area contributed by atoms with E-state index >= 15 is 0 Å². The van der Waals surface area contributed by atoms with Crippen LogP contribution in [0.15, 0.2) is 18.2 Å². The number of hydrogen-bond acceptors (Lipinski definition) is 1. The largest absolute Gasteiger partial charge is 0.385 e. The summed E-state index contributed by atoms with van der Waals surface area (Å²) in [6.45, 7) is 5.27. The Balaban J connectivity index is 3.22. The Bertz CT molecular complexity index is 305. The second kappa shape index (κ2) is 3.46. The average molecular weight is 182 g/mol. The van der Waals surface area contributed by atoms with Crippen LogP contribution in [0.1, 0.15) is 31.4 Å². The van der Waals surface area contributed by atoms with Gasteiger partial charge in [0.2, 0.25) is 0 Å². The van der Waals surface area contributed by atoms with Gasteiger partial charge in [0.25, 0.3) is 0 Å². The standard InChI is InChI=1S/C11H15FO/c1-4-11(3,13)9-6-5-7-10(12)8(9)2/h5-7,13H,4H2,1-3H3. The van der Waals surface area contributed by atoms with Crippen LogP contribution in [-0.4, -0.2) is 5.11 Å². The highest BCUT2D eigenvalue weighted by Crippen LogP contribution is 2.27. The molecule has 0 fully saturated rings. The summed E-state index contributed by atoms with van der Waals surface area (Å²) >= 11 is 0. The van der Waals surface area contributed by atoms with Gasteiger partial charge in [0.1, 0.15) is 5.82 Å². The lowest BCUT2D eigenvalue weighted by atomic mass is 9.90. The first-order chi connectivity index (χ1) is 5.99. The summed E-state index contributed by atoms with van der Waals surface area (Å²) in [6, 6.07) is 4.80. The van der Waals surface area contributed by atoms with Gasteiger partial charge in [-0.05, 0) is 37.5 Å². The number of hydrogen-bond donors (Lipinski definition) is 1. The van der Waals surface area contributed by atoms with Crippen LogP contribution in [-0.2, 0) is 5.60 Å². The Morgan fingerprint density at radius 2 is 2.08 bits per heavy atom. The predicted octanol–water partition coefficient (Wildman–Crippen LogP) is 2.75. The van der Waals surface area contributed by atoms with Gasteiger partial charge < -0.3 is 5.11 Å². The highest BCUT2D eigenvalue weighted by molar-refractivity contribution is 5.31. The van der Waals surface area contributed by atoms with E-state index in [1.165, 1.54) is 6.07 Å². The third-order valence-corrected chi connectivity index (χ3v) is 2.54. The van der Waals surface area contributed by atoms with Gasteiger partial charge in [-0.15, -0.1) is 0 Å². The molecule has 0 saturated heterocycles. The summed E-state index contributed by atoms with van der Waals surface area (Å²) in [5, 5.41) is 9.93. The van der Waals surface area contributed by atoms with Crippen molar-refractivity contribution in [3.63, 3.8) is 0 Å². The fraction of sp³-hybridized carbons (Fsp3) is 0.455. The summed E-state index contributed by atoms with van der Waals surface area (Å²) in [5.74, 6) is -0.258. The van der Waals surface area contributed by atoms with Crippen molar-refractivity contribution in [1.29, 1.82) is 0 Å². The SMILES string of the molecule is CCC(C)(O)c1cccc(F)c1C. The molecule has 0 amide bonds. The molecular formula is C11H15FO. The number of rotatable bonds is 2. The summed E-state index contributed by atoms with van der Waals surface area (Å²) < 4.78 is 13.1. The van der Waals surface area contributed by atoms with Crippen LogP contribution in [0, 0.1) is 12.7 Å². The van der Waals surface area contributed by atoms with Crippen LogP contribution in [0.4, 0.5) is 4.39 Å². The van der Waals surface area contributed by atoms with E-state index in [1.807, 2.05) is 6.92 Å². The molecule has 1 rings (SSSR count). The molecular weight excluding hydrogens is 167 g/mol. The van der Waals surface area contributed by atoms with Crippen molar-refractivity contribution in [3.8, 4) is 0 Å². The van der Waals surface area contributed by atoms with E-state index in [0.717, 1.165) is 0 Å². The maximum Gasteiger partial charge on any atom is 0.126 e. The fourth-order valence-electron chi connectivity index (χ4n) is 1.38. The van der Waals surface area contributed by atoms with E-state index in [4.69, 9.17) is 0 Å². The molecule has 0 aliphatic carbocycles. The molecule has 0 radical (unpaired) electrons. The minimum atomic E-state index is -0.924. The van der Waals surface area contributed by atoms with Crippen molar-refractivity contribution in [2.45, 2.75) is 32.8 Å². The number of aliphatic hydroxyl groups is 1. The van der Waals surface area contributed by atoms with E-state index in [0.29, 0.717) is 17.5 Å². The molecule has 0 heterocycles. The maximum atomic E-state index is 13.1. The number of halogens is 1. The van der Waals surface area contributed by atoms with Crippen LogP contribution in [0.3, 0.4) is 0 Å². The first kappa shape index (κ1) is 10.2. The van der Waals surface area contributed by atoms with Gasteiger partial charge in [0.05, 0.1) is 5.60 Å². The summed E-state index contributed by atoms with van der Waals surface area (Å²) in [7, 11) is 0. The topological polar surface area (TPSA) is 20.2 Å². The van der Waals surface area contributed by atoms with Gasteiger partial charge in [0, 0.05) is 0 Å². The van der Waals surface area contributed by atoms with Crippen molar-refractivity contribution >= 4 is 0 Å². The molecule has 1 unspecified atom stereocenters. The normalized spacial score (nSPS) is 15.5. The highest BCUT2D eigenvalue weighted by Gasteiger charge is 2.23. The second-order valence-electron chi connectivity index (χ2n) is 3.54. The third kappa shape index (κ3) is 1.89. The van der Waals surface area contributed by atoms with Gasteiger partial charge in [0.15, 0.2) is 0 Å². The Morgan fingerprint density at radius 3 is 2.62 bits per heavy atom. The van der Waals surface area contributed by atoms with Gasteiger partial charge in [-0.2, -0.15) is 0 Å². The van der Waals surface area contributed by atoms with Gasteiger partial charge in [-0.1, -0.05) is 19.1 Å². The summed E-state index contributed by atoms with van der Waals surface area (Å²) in [4.78, 5) is 0. The molecule has 0 saturated carbocycles. The summed E-state index contributed by atoms with van der Waals surface area (Å²) in [6.07, 6.45) is 0.581. The zero-order chi connectivity index (χ0) is 10.1. The van der Waals surface area contributed by atoms with E-state index in [1.54, 1.807) is 26.0 Å². The van der Waals surface area contributed by atoms with Crippen molar-refractivity contribution < 1.29 is 9.50 Å². The van der Waals surface area contributed by atoms with E-state index < -0.39 is 5.60 Å².